The highest BCUT2D eigenvalue weighted by Crippen LogP contribution is 2.19. The lowest BCUT2D eigenvalue weighted by Gasteiger charge is -2.37. The molecule has 3 rings (SSSR count). The molecule has 2 aliphatic heterocycles. The molecule has 2 fully saturated rings. The van der Waals surface area contributed by atoms with Crippen LogP contribution in [0.25, 0.3) is 0 Å². The zero-order valence-corrected chi connectivity index (χ0v) is 13.3. The lowest BCUT2D eigenvalue weighted by Crippen LogP contribution is -2.52. The number of hydrogen-bond donors (Lipinski definition) is 0. The van der Waals surface area contributed by atoms with Crippen molar-refractivity contribution in [3.8, 4) is 11.9 Å². The second-order valence-corrected chi connectivity index (χ2v) is 5.59. The summed E-state index contributed by atoms with van der Waals surface area (Å²) in [6.45, 7) is 3.88. The molecule has 1 aromatic rings. The van der Waals surface area contributed by atoms with Gasteiger partial charge in [0, 0.05) is 31.9 Å². The summed E-state index contributed by atoms with van der Waals surface area (Å²) in [6, 6.07) is 2.05. The minimum Gasteiger partial charge on any atom is -0.472 e. The van der Waals surface area contributed by atoms with Gasteiger partial charge in [0.15, 0.2) is 0 Å². The van der Waals surface area contributed by atoms with Crippen LogP contribution in [0.15, 0.2) is 12.3 Å². The Morgan fingerprint density at radius 1 is 1.30 bits per heavy atom. The van der Waals surface area contributed by atoms with Gasteiger partial charge >= 0.3 is 12.0 Å². The topological polar surface area (TPSA) is 77.0 Å². The normalized spacial score (nSPS) is 21.9. The molecule has 0 N–H and O–H groups in total. The van der Waals surface area contributed by atoms with E-state index in [2.05, 4.69) is 9.97 Å². The number of ether oxygens (including phenoxy) is 3. The van der Waals surface area contributed by atoms with Gasteiger partial charge in [0.2, 0.25) is 5.88 Å². The number of likely N-dealkylation sites (tertiary alicyclic amines) is 1. The van der Waals surface area contributed by atoms with Gasteiger partial charge in [-0.3, -0.25) is 0 Å². The number of hydrogen-bond acceptors (Lipinski definition) is 6. The largest absolute Gasteiger partial charge is 0.472 e. The molecule has 3 heterocycles. The van der Waals surface area contributed by atoms with Gasteiger partial charge in [-0.15, -0.1) is 0 Å². The van der Waals surface area contributed by atoms with Crippen molar-refractivity contribution in [2.75, 3.05) is 46.5 Å². The monoisotopic (exact) mass is 322 g/mol. The van der Waals surface area contributed by atoms with Crippen molar-refractivity contribution in [3.05, 3.63) is 12.3 Å². The third-order valence-electron chi connectivity index (χ3n) is 4.01. The van der Waals surface area contributed by atoms with Crippen LogP contribution >= 0.6 is 0 Å². The molecule has 0 aliphatic carbocycles. The number of morpholine rings is 1. The molecule has 1 unspecified atom stereocenters. The molecule has 2 saturated heterocycles. The van der Waals surface area contributed by atoms with E-state index in [9.17, 15) is 4.79 Å². The first-order valence-electron chi connectivity index (χ1n) is 7.91. The molecule has 0 aromatic carbocycles. The van der Waals surface area contributed by atoms with Crippen LogP contribution in [0, 0.1) is 0 Å². The summed E-state index contributed by atoms with van der Waals surface area (Å²) in [6.07, 6.45) is 3.36. The predicted molar refractivity (Wildman–Crippen MR) is 81.6 cm³/mol. The van der Waals surface area contributed by atoms with Crippen LogP contribution in [0.2, 0.25) is 0 Å². The number of piperidine rings is 1. The molecular formula is C15H22N4O4. The standard InChI is InChI=1S/C15H22N4O4/c1-21-14-16-5-4-13(17-14)23-12-3-2-6-19(11-12)15(20)18-7-9-22-10-8-18/h4-5,12H,2-3,6-11H2,1H3. The van der Waals surface area contributed by atoms with E-state index in [0.717, 1.165) is 19.4 Å². The predicted octanol–water partition coefficient (Wildman–Crippen LogP) is 0.781. The lowest BCUT2D eigenvalue weighted by molar-refractivity contribution is 0.0325. The molecule has 8 nitrogen and oxygen atoms in total. The van der Waals surface area contributed by atoms with Crippen LogP contribution in [-0.4, -0.2) is 78.4 Å². The molecule has 1 aromatic heterocycles. The fourth-order valence-corrected chi connectivity index (χ4v) is 2.82. The summed E-state index contributed by atoms with van der Waals surface area (Å²) in [4.78, 5) is 24.4. The molecular weight excluding hydrogens is 300 g/mol. The second-order valence-electron chi connectivity index (χ2n) is 5.59. The molecule has 1 atom stereocenters. The van der Waals surface area contributed by atoms with Gasteiger partial charge in [-0.05, 0) is 12.8 Å². The molecule has 8 heteroatoms. The van der Waals surface area contributed by atoms with Crippen molar-refractivity contribution >= 4 is 6.03 Å². The van der Waals surface area contributed by atoms with E-state index in [4.69, 9.17) is 14.2 Å². The Morgan fingerprint density at radius 2 is 2.13 bits per heavy atom. The van der Waals surface area contributed by atoms with E-state index >= 15 is 0 Å². The third-order valence-corrected chi connectivity index (χ3v) is 4.01. The smallest absolute Gasteiger partial charge is 0.320 e. The van der Waals surface area contributed by atoms with E-state index in [0.29, 0.717) is 38.7 Å². The Bertz CT molecular complexity index is 536. The molecule has 0 spiro atoms. The van der Waals surface area contributed by atoms with E-state index < -0.39 is 0 Å². The van der Waals surface area contributed by atoms with Crippen LogP contribution in [0.4, 0.5) is 4.79 Å². The maximum atomic E-state index is 12.5. The summed E-state index contributed by atoms with van der Waals surface area (Å²) < 4.78 is 16.2. The average molecular weight is 322 g/mol. The highest BCUT2D eigenvalue weighted by molar-refractivity contribution is 5.74. The van der Waals surface area contributed by atoms with E-state index in [1.165, 1.54) is 7.11 Å². The first-order chi connectivity index (χ1) is 11.3. The molecule has 2 aliphatic rings. The van der Waals surface area contributed by atoms with E-state index in [-0.39, 0.29) is 18.1 Å². The van der Waals surface area contributed by atoms with Crippen molar-refractivity contribution in [2.45, 2.75) is 18.9 Å². The van der Waals surface area contributed by atoms with Gasteiger partial charge in [-0.2, -0.15) is 4.98 Å². The number of carbonyl (C=O) groups is 1. The molecule has 23 heavy (non-hydrogen) atoms. The van der Waals surface area contributed by atoms with Crippen molar-refractivity contribution in [1.82, 2.24) is 19.8 Å². The van der Waals surface area contributed by atoms with Gasteiger partial charge < -0.3 is 24.0 Å². The number of carbonyl (C=O) groups excluding carboxylic acids is 1. The Labute approximate surface area is 135 Å². The maximum Gasteiger partial charge on any atom is 0.320 e. The third kappa shape index (κ3) is 4.01. The number of nitrogens with zero attached hydrogens (tertiary/aromatic N) is 4. The number of methoxy groups -OCH3 is 1. The summed E-state index contributed by atoms with van der Waals surface area (Å²) in [5.41, 5.74) is 0. The molecule has 0 radical (unpaired) electrons. The fraction of sp³-hybridized carbons (Fsp3) is 0.667. The second kappa shape index (κ2) is 7.45. The van der Waals surface area contributed by atoms with Crippen LogP contribution < -0.4 is 9.47 Å². The fourth-order valence-electron chi connectivity index (χ4n) is 2.82. The minimum atomic E-state index is -0.0617. The Balaban J connectivity index is 1.58. The highest BCUT2D eigenvalue weighted by Gasteiger charge is 2.29. The lowest BCUT2D eigenvalue weighted by atomic mass is 10.1. The van der Waals surface area contributed by atoms with Gasteiger partial charge in [-0.1, -0.05) is 0 Å². The van der Waals surface area contributed by atoms with Crippen LogP contribution in [0.5, 0.6) is 11.9 Å². The maximum absolute atomic E-state index is 12.5. The van der Waals surface area contributed by atoms with Crippen LogP contribution in [-0.2, 0) is 4.74 Å². The number of rotatable bonds is 3. The Morgan fingerprint density at radius 3 is 2.91 bits per heavy atom. The number of aromatic nitrogens is 2. The first-order valence-corrected chi connectivity index (χ1v) is 7.91. The zero-order valence-electron chi connectivity index (χ0n) is 13.3. The summed E-state index contributed by atoms with van der Waals surface area (Å²) in [5.74, 6) is 0.475. The average Bonchev–Trinajstić information content (AvgIpc) is 2.62. The Kier molecular flexibility index (Phi) is 5.12. The SMILES string of the molecule is COc1nccc(OC2CCCN(C(=O)N3CCOCC3)C2)n1. The van der Waals surface area contributed by atoms with E-state index in [1.807, 2.05) is 9.80 Å². The van der Waals surface area contributed by atoms with Crippen molar-refractivity contribution in [1.29, 1.82) is 0 Å². The van der Waals surface area contributed by atoms with Crippen LogP contribution in [0.1, 0.15) is 12.8 Å². The quantitative estimate of drug-likeness (QED) is 0.818. The highest BCUT2D eigenvalue weighted by atomic mass is 16.5. The molecule has 0 bridgehead atoms. The Hall–Kier alpha value is -2.09. The van der Waals surface area contributed by atoms with Crippen LogP contribution in [0.3, 0.4) is 0 Å². The minimum absolute atomic E-state index is 0.0617. The van der Waals surface area contributed by atoms with Gasteiger partial charge in [0.1, 0.15) is 6.10 Å². The number of urea groups is 1. The molecule has 0 saturated carbocycles. The van der Waals surface area contributed by atoms with Gasteiger partial charge in [0.25, 0.3) is 0 Å². The first kappa shape index (κ1) is 15.8. The van der Waals surface area contributed by atoms with Gasteiger partial charge in [-0.25, -0.2) is 9.78 Å². The zero-order chi connectivity index (χ0) is 16.1. The van der Waals surface area contributed by atoms with Gasteiger partial charge in [0.05, 0.1) is 26.9 Å². The summed E-state index contributed by atoms with van der Waals surface area (Å²) >= 11 is 0. The van der Waals surface area contributed by atoms with E-state index in [1.54, 1.807) is 12.3 Å². The van der Waals surface area contributed by atoms with Crippen molar-refractivity contribution in [2.24, 2.45) is 0 Å². The van der Waals surface area contributed by atoms with Crippen molar-refractivity contribution < 1.29 is 19.0 Å². The number of amides is 2. The summed E-state index contributed by atoms with van der Waals surface area (Å²) in [7, 11) is 1.52. The summed E-state index contributed by atoms with van der Waals surface area (Å²) in [5, 5.41) is 0. The van der Waals surface area contributed by atoms with Crippen molar-refractivity contribution in [3.63, 3.8) is 0 Å². The molecule has 126 valence electrons. The molecule has 2 amide bonds.